The lowest BCUT2D eigenvalue weighted by Crippen LogP contribution is -2.31. The van der Waals surface area contributed by atoms with Crippen LogP contribution in [-0.4, -0.2) is 45.2 Å². The number of carbonyl (C=O) groups excluding carboxylic acids is 1. The molecule has 1 amide bonds. The second-order valence-electron chi connectivity index (χ2n) is 8.03. The van der Waals surface area contributed by atoms with Crippen molar-refractivity contribution in [3.05, 3.63) is 77.4 Å². The summed E-state index contributed by atoms with van der Waals surface area (Å²) in [6.07, 6.45) is 1.58. The fourth-order valence-electron chi connectivity index (χ4n) is 3.79. The summed E-state index contributed by atoms with van der Waals surface area (Å²) in [7, 11) is 0. The highest BCUT2D eigenvalue weighted by Crippen LogP contribution is 2.24. The molecule has 1 fully saturated rings. The molecule has 7 heteroatoms. The minimum atomic E-state index is -0.303. The van der Waals surface area contributed by atoms with Crippen LogP contribution in [0.1, 0.15) is 41.4 Å². The summed E-state index contributed by atoms with van der Waals surface area (Å²) >= 11 is 2.01. The highest BCUT2D eigenvalue weighted by Gasteiger charge is 2.21. The van der Waals surface area contributed by atoms with Crippen molar-refractivity contribution in [3.63, 3.8) is 0 Å². The molecule has 1 aliphatic rings. The van der Waals surface area contributed by atoms with E-state index in [0.717, 1.165) is 36.7 Å². The maximum absolute atomic E-state index is 13.3. The van der Waals surface area contributed by atoms with E-state index in [-0.39, 0.29) is 17.6 Å². The van der Waals surface area contributed by atoms with E-state index in [1.54, 1.807) is 23.0 Å². The van der Waals surface area contributed by atoms with E-state index in [2.05, 4.69) is 27.4 Å². The smallest absolute Gasteiger partial charge is 0.259 e. The van der Waals surface area contributed by atoms with Crippen molar-refractivity contribution >= 4 is 23.4 Å². The van der Waals surface area contributed by atoms with Crippen LogP contribution in [0.3, 0.4) is 0 Å². The van der Waals surface area contributed by atoms with Gasteiger partial charge >= 0.3 is 0 Å². The number of hydrogen-bond acceptors (Lipinski definition) is 4. The number of rotatable bonds is 6. The molecule has 5 nitrogen and oxygen atoms in total. The Bertz CT molecular complexity index is 1020. The average molecular weight is 439 g/mol. The number of carbonyl (C=O) groups is 1. The topological polar surface area (TPSA) is 50.2 Å². The molecule has 1 aliphatic heterocycles. The Balaban J connectivity index is 1.48. The van der Waals surface area contributed by atoms with E-state index < -0.39 is 0 Å². The maximum Gasteiger partial charge on any atom is 0.259 e. The summed E-state index contributed by atoms with van der Waals surface area (Å²) in [4.78, 5) is 15.5. The molecular weight excluding hydrogens is 411 g/mol. The van der Waals surface area contributed by atoms with Crippen molar-refractivity contribution < 1.29 is 9.18 Å². The van der Waals surface area contributed by atoms with Crippen LogP contribution in [0.2, 0.25) is 0 Å². The maximum atomic E-state index is 13.3. The van der Waals surface area contributed by atoms with Crippen LogP contribution in [-0.2, 0) is 6.54 Å². The molecule has 2 aromatic carbocycles. The predicted molar refractivity (Wildman–Crippen MR) is 125 cm³/mol. The van der Waals surface area contributed by atoms with Gasteiger partial charge in [-0.2, -0.15) is 16.9 Å². The minimum absolute atomic E-state index is 0.0679. The van der Waals surface area contributed by atoms with Gasteiger partial charge in [-0.05, 0) is 47.9 Å². The summed E-state index contributed by atoms with van der Waals surface area (Å²) in [5.41, 5.74) is 4.05. The van der Waals surface area contributed by atoms with Crippen LogP contribution in [0.25, 0.3) is 5.69 Å². The van der Waals surface area contributed by atoms with Gasteiger partial charge in [-0.15, -0.1) is 0 Å². The fraction of sp³-hybridized carbons (Fsp3) is 0.333. The van der Waals surface area contributed by atoms with Gasteiger partial charge in [0.25, 0.3) is 5.91 Å². The molecule has 0 bridgehead atoms. The SMILES string of the molecule is CC(C)c1c(C(=O)Nc2ccc(CN3CCSCC3)cc2)cnn1-c1ccc(F)cc1. The molecule has 162 valence electrons. The lowest BCUT2D eigenvalue weighted by molar-refractivity contribution is 0.102. The van der Waals surface area contributed by atoms with E-state index in [1.807, 2.05) is 37.7 Å². The Morgan fingerprint density at radius 2 is 1.77 bits per heavy atom. The fourth-order valence-corrected chi connectivity index (χ4v) is 4.76. The molecule has 0 atom stereocenters. The Labute approximate surface area is 186 Å². The summed E-state index contributed by atoms with van der Waals surface area (Å²) in [5, 5.41) is 7.39. The molecule has 0 saturated carbocycles. The van der Waals surface area contributed by atoms with Gasteiger partial charge < -0.3 is 5.32 Å². The molecule has 0 aliphatic carbocycles. The second-order valence-corrected chi connectivity index (χ2v) is 9.25. The van der Waals surface area contributed by atoms with E-state index in [0.29, 0.717) is 5.56 Å². The summed E-state index contributed by atoms with van der Waals surface area (Å²) in [6.45, 7) is 7.22. The standard InChI is InChI=1S/C24H27FN4OS/c1-17(2)23-22(15-26-29(23)21-9-5-19(25)6-10-21)24(30)27-20-7-3-18(4-8-20)16-28-11-13-31-14-12-28/h3-10,15,17H,11-14,16H2,1-2H3,(H,27,30). The molecule has 0 radical (unpaired) electrons. The van der Waals surface area contributed by atoms with Crippen molar-refractivity contribution in [1.82, 2.24) is 14.7 Å². The highest BCUT2D eigenvalue weighted by molar-refractivity contribution is 7.99. The number of halogens is 1. The molecule has 4 rings (SSSR count). The van der Waals surface area contributed by atoms with Gasteiger partial charge in [0.05, 0.1) is 23.1 Å². The largest absolute Gasteiger partial charge is 0.322 e. The molecule has 31 heavy (non-hydrogen) atoms. The zero-order valence-corrected chi connectivity index (χ0v) is 18.7. The number of nitrogens with zero attached hydrogens (tertiary/aromatic N) is 3. The summed E-state index contributed by atoms with van der Waals surface area (Å²) < 4.78 is 15.0. The minimum Gasteiger partial charge on any atom is -0.322 e. The first-order valence-electron chi connectivity index (χ1n) is 10.6. The number of benzene rings is 2. The molecule has 2 heterocycles. The van der Waals surface area contributed by atoms with Gasteiger partial charge in [0.1, 0.15) is 5.82 Å². The third-order valence-corrected chi connectivity index (χ3v) is 6.33. The Morgan fingerprint density at radius 1 is 1.10 bits per heavy atom. The quantitative estimate of drug-likeness (QED) is 0.593. The molecule has 0 spiro atoms. The Morgan fingerprint density at radius 3 is 2.42 bits per heavy atom. The molecule has 3 aromatic rings. The number of anilines is 1. The lowest BCUT2D eigenvalue weighted by atomic mass is 10.0. The predicted octanol–water partition coefficient (Wildman–Crippen LogP) is 4.94. The molecule has 1 aromatic heterocycles. The van der Waals surface area contributed by atoms with E-state index in [9.17, 15) is 9.18 Å². The monoisotopic (exact) mass is 438 g/mol. The van der Waals surface area contributed by atoms with Gasteiger partial charge in [-0.3, -0.25) is 9.69 Å². The van der Waals surface area contributed by atoms with Crippen LogP contribution in [0.15, 0.2) is 54.7 Å². The highest BCUT2D eigenvalue weighted by atomic mass is 32.2. The first kappa shape index (κ1) is 21.6. The van der Waals surface area contributed by atoms with E-state index in [1.165, 1.54) is 29.2 Å². The number of amides is 1. The van der Waals surface area contributed by atoms with Crippen LogP contribution < -0.4 is 5.32 Å². The van der Waals surface area contributed by atoms with Crippen molar-refractivity contribution in [1.29, 1.82) is 0 Å². The number of thioether (sulfide) groups is 1. The molecular formula is C24H27FN4OS. The summed E-state index contributed by atoms with van der Waals surface area (Å²) in [5.74, 6) is 1.95. The van der Waals surface area contributed by atoms with Gasteiger partial charge in [-0.25, -0.2) is 9.07 Å². The van der Waals surface area contributed by atoms with Gasteiger partial charge in [0.15, 0.2) is 0 Å². The number of nitrogens with one attached hydrogen (secondary N) is 1. The lowest BCUT2D eigenvalue weighted by Gasteiger charge is -2.26. The Hall–Kier alpha value is -2.64. The van der Waals surface area contributed by atoms with Gasteiger partial charge in [-0.1, -0.05) is 26.0 Å². The Kier molecular flexibility index (Phi) is 6.73. The third-order valence-electron chi connectivity index (χ3n) is 5.39. The van der Waals surface area contributed by atoms with E-state index in [4.69, 9.17) is 0 Å². The first-order chi connectivity index (χ1) is 15.0. The van der Waals surface area contributed by atoms with Crippen LogP contribution in [0, 0.1) is 5.82 Å². The van der Waals surface area contributed by atoms with Crippen LogP contribution >= 0.6 is 11.8 Å². The number of hydrogen-bond donors (Lipinski definition) is 1. The second kappa shape index (κ2) is 9.66. The van der Waals surface area contributed by atoms with Crippen LogP contribution in [0.4, 0.5) is 10.1 Å². The average Bonchev–Trinajstić information content (AvgIpc) is 3.22. The zero-order valence-electron chi connectivity index (χ0n) is 17.8. The van der Waals surface area contributed by atoms with Crippen molar-refractivity contribution in [2.45, 2.75) is 26.3 Å². The third kappa shape index (κ3) is 5.17. The van der Waals surface area contributed by atoms with Crippen molar-refractivity contribution in [2.75, 3.05) is 29.9 Å². The number of aromatic nitrogens is 2. The molecule has 0 unspecified atom stereocenters. The zero-order chi connectivity index (χ0) is 21.8. The van der Waals surface area contributed by atoms with E-state index >= 15 is 0 Å². The van der Waals surface area contributed by atoms with Crippen molar-refractivity contribution in [3.8, 4) is 5.69 Å². The normalized spacial score (nSPS) is 14.7. The van der Waals surface area contributed by atoms with Gasteiger partial charge in [0, 0.05) is 36.8 Å². The molecule has 1 N–H and O–H groups in total. The van der Waals surface area contributed by atoms with Gasteiger partial charge in [0.2, 0.25) is 0 Å². The summed E-state index contributed by atoms with van der Waals surface area (Å²) in [6, 6.07) is 14.2. The van der Waals surface area contributed by atoms with Crippen LogP contribution in [0.5, 0.6) is 0 Å². The molecule has 1 saturated heterocycles. The van der Waals surface area contributed by atoms with Crippen molar-refractivity contribution in [2.24, 2.45) is 0 Å². The first-order valence-corrected chi connectivity index (χ1v) is 11.7.